The van der Waals surface area contributed by atoms with Crippen molar-refractivity contribution in [3.8, 4) is 0 Å². The molecule has 0 saturated carbocycles. The van der Waals surface area contributed by atoms with Crippen LogP contribution < -0.4 is 11.1 Å². The Balaban J connectivity index is 3.07. The van der Waals surface area contributed by atoms with Crippen LogP contribution in [0.3, 0.4) is 0 Å². The van der Waals surface area contributed by atoms with Gasteiger partial charge in [0.2, 0.25) is 0 Å². The Morgan fingerprint density at radius 2 is 2.15 bits per heavy atom. The van der Waals surface area contributed by atoms with Crippen LogP contribution in [0.15, 0.2) is 79.4 Å². The van der Waals surface area contributed by atoms with Crippen molar-refractivity contribution in [3.63, 3.8) is 0 Å². The Morgan fingerprint density at radius 1 is 1.40 bits per heavy atom. The Bertz CT molecular complexity index is 612. The molecule has 0 amide bonds. The number of anilines is 1. The highest BCUT2D eigenvalue weighted by Crippen LogP contribution is 2.22. The fourth-order valence-electron chi connectivity index (χ4n) is 1.62. The van der Waals surface area contributed by atoms with Crippen LogP contribution in [-0.2, 0) is 0 Å². The average Bonchev–Trinajstić information content (AvgIpc) is 2.45. The minimum absolute atomic E-state index is 0.455. The van der Waals surface area contributed by atoms with Gasteiger partial charge in [-0.15, -0.1) is 5.73 Å². The molecule has 0 atom stereocenters. The molecule has 0 aliphatic heterocycles. The highest BCUT2D eigenvalue weighted by atomic mass is 14.8. The molecule has 0 spiro atoms. The lowest BCUT2D eigenvalue weighted by atomic mass is 10.0. The molecular formula is C18H20N2. The van der Waals surface area contributed by atoms with Crippen molar-refractivity contribution in [1.82, 2.24) is 0 Å². The molecule has 0 aromatic heterocycles. The van der Waals surface area contributed by atoms with E-state index in [1.54, 1.807) is 6.08 Å². The van der Waals surface area contributed by atoms with Crippen molar-refractivity contribution in [2.24, 2.45) is 5.73 Å². The summed E-state index contributed by atoms with van der Waals surface area (Å²) in [7, 11) is 0. The molecule has 0 aliphatic rings. The minimum atomic E-state index is 0.455. The number of aryl methyl sites for hydroxylation is 1. The number of allylic oxidation sites excluding steroid dienone is 3. The quantitative estimate of drug-likeness (QED) is 0.593. The summed E-state index contributed by atoms with van der Waals surface area (Å²) >= 11 is 0. The van der Waals surface area contributed by atoms with E-state index >= 15 is 0 Å². The maximum Gasteiger partial charge on any atom is 0.0809 e. The maximum absolute atomic E-state index is 5.71. The molecule has 20 heavy (non-hydrogen) atoms. The zero-order chi connectivity index (χ0) is 15.0. The van der Waals surface area contributed by atoms with Crippen LogP contribution in [0.1, 0.15) is 11.1 Å². The van der Waals surface area contributed by atoms with Gasteiger partial charge in [-0.25, -0.2) is 0 Å². The zero-order valence-electron chi connectivity index (χ0n) is 11.8. The molecule has 0 radical (unpaired) electrons. The van der Waals surface area contributed by atoms with Crippen molar-refractivity contribution in [2.75, 3.05) is 5.32 Å². The topological polar surface area (TPSA) is 38.0 Å². The fourth-order valence-corrected chi connectivity index (χ4v) is 1.62. The molecule has 2 heteroatoms. The molecule has 2 nitrogen and oxygen atoms in total. The first kappa shape index (κ1) is 15.4. The second kappa shape index (κ2) is 7.67. The van der Waals surface area contributed by atoms with E-state index in [-0.39, 0.29) is 0 Å². The third-order valence-corrected chi connectivity index (χ3v) is 2.78. The summed E-state index contributed by atoms with van der Waals surface area (Å²) in [4.78, 5) is 0. The summed E-state index contributed by atoms with van der Waals surface area (Å²) < 4.78 is 0. The number of rotatable bonds is 6. The molecule has 0 bridgehead atoms. The second-order valence-electron chi connectivity index (χ2n) is 4.22. The van der Waals surface area contributed by atoms with E-state index in [2.05, 4.69) is 43.8 Å². The van der Waals surface area contributed by atoms with Crippen LogP contribution in [0.25, 0.3) is 6.08 Å². The Hall–Kier alpha value is -2.70. The first-order chi connectivity index (χ1) is 9.60. The second-order valence-corrected chi connectivity index (χ2v) is 4.22. The van der Waals surface area contributed by atoms with Crippen LogP contribution in [0.4, 0.5) is 5.69 Å². The molecule has 1 aromatic rings. The largest absolute Gasteiger partial charge is 0.392 e. The van der Waals surface area contributed by atoms with Gasteiger partial charge in [0.25, 0.3) is 0 Å². The number of nitrogens with two attached hydrogens (primary N) is 1. The van der Waals surface area contributed by atoms with Gasteiger partial charge in [-0.3, -0.25) is 0 Å². The van der Waals surface area contributed by atoms with Crippen molar-refractivity contribution >= 4 is 11.8 Å². The van der Waals surface area contributed by atoms with Gasteiger partial charge in [-0.05, 0) is 30.2 Å². The summed E-state index contributed by atoms with van der Waals surface area (Å²) in [6, 6.07) is 6.07. The summed E-state index contributed by atoms with van der Waals surface area (Å²) in [5, 5.41) is 3.22. The average molecular weight is 264 g/mol. The number of hydrogen-bond acceptors (Lipinski definition) is 2. The summed E-state index contributed by atoms with van der Waals surface area (Å²) in [6.07, 6.45) is 9.24. The fraction of sp³-hybridized carbons (Fsp3) is 0.0556. The maximum atomic E-state index is 5.71. The zero-order valence-corrected chi connectivity index (χ0v) is 11.8. The monoisotopic (exact) mass is 264 g/mol. The van der Waals surface area contributed by atoms with E-state index in [0.717, 1.165) is 16.8 Å². The lowest BCUT2D eigenvalue weighted by Gasteiger charge is -2.09. The standard InChI is InChI=1S/C18H20N2/c1-5-7-13-20-18-10-8-9-14(3)16(18)12-11-15(4)17(19)6-2/h5,7-13,20H,1-2,4,19H2,3H3/b12-11-,13-7-. The van der Waals surface area contributed by atoms with Gasteiger partial charge < -0.3 is 11.1 Å². The SMILES string of the molecule is C=C=C(N)C(=C)/C=C\c1c(C)cccc1N/C=C\C=C. The summed E-state index contributed by atoms with van der Waals surface area (Å²) in [5.74, 6) is 0. The van der Waals surface area contributed by atoms with Gasteiger partial charge in [0.05, 0.1) is 5.70 Å². The predicted octanol–water partition coefficient (Wildman–Crippen LogP) is 4.30. The van der Waals surface area contributed by atoms with Crippen LogP contribution >= 0.6 is 0 Å². The summed E-state index contributed by atoms with van der Waals surface area (Å²) in [6.45, 7) is 13.1. The molecule has 102 valence electrons. The van der Waals surface area contributed by atoms with E-state index in [1.807, 2.05) is 36.6 Å². The van der Waals surface area contributed by atoms with Gasteiger partial charge in [-0.1, -0.05) is 50.1 Å². The molecule has 0 aliphatic carbocycles. The molecule has 0 heterocycles. The molecule has 0 saturated heterocycles. The number of benzene rings is 1. The van der Waals surface area contributed by atoms with E-state index in [4.69, 9.17) is 5.73 Å². The third kappa shape index (κ3) is 4.20. The van der Waals surface area contributed by atoms with Crippen molar-refractivity contribution < 1.29 is 0 Å². The Labute approximate surface area is 121 Å². The smallest absolute Gasteiger partial charge is 0.0809 e. The van der Waals surface area contributed by atoms with E-state index in [0.29, 0.717) is 11.3 Å². The molecule has 0 fully saturated rings. The highest BCUT2D eigenvalue weighted by molar-refractivity contribution is 5.71. The van der Waals surface area contributed by atoms with Crippen LogP contribution in [0.5, 0.6) is 0 Å². The minimum Gasteiger partial charge on any atom is -0.392 e. The molecule has 1 rings (SSSR count). The number of hydrogen-bond donors (Lipinski definition) is 2. The van der Waals surface area contributed by atoms with E-state index < -0.39 is 0 Å². The molecule has 1 aromatic carbocycles. The van der Waals surface area contributed by atoms with Gasteiger partial charge in [0.15, 0.2) is 0 Å². The first-order valence-corrected chi connectivity index (χ1v) is 6.26. The lowest BCUT2D eigenvalue weighted by Crippen LogP contribution is -1.96. The summed E-state index contributed by atoms with van der Waals surface area (Å²) in [5.41, 5.74) is 12.7. The third-order valence-electron chi connectivity index (χ3n) is 2.78. The highest BCUT2D eigenvalue weighted by Gasteiger charge is 2.01. The van der Waals surface area contributed by atoms with Crippen LogP contribution in [-0.4, -0.2) is 0 Å². The molecule has 0 unspecified atom stereocenters. The Morgan fingerprint density at radius 3 is 2.80 bits per heavy atom. The van der Waals surface area contributed by atoms with Crippen LogP contribution in [0.2, 0.25) is 0 Å². The van der Waals surface area contributed by atoms with Gasteiger partial charge in [0.1, 0.15) is 0 Å². The first-order valence-electron chi connectivity index (χ1n) is 6.26. The van der Waals surface area contributed by atoms with Crippen molar-refractivity contribution in [1.29, 1.82) is 0 Å². The van der Waals surface area contributed by atoms with Gasteiger partial charge >= 0.3 is 0 Å². The normalized spacial score (nSPS) is 10.4. The van der Waals surface area contributed by atoms with Gasteiger partial charge in [0, 0.05) is 17.5 Å². The van der Waals surface area contributed by atoms with E-state index in [1.165, 1.54) is 0 Å². The molecular weight excluding hydrogens is 244 g/mol. The Kier molecular flexibility index (Phi) is 5.89. The van der Waals surface area contributed by atoms with Crippen LogP contribution in [0, 0.1) is 6.92 Å². The van der Waals surface area contributed by atoms with Crippen molar-refractivity contribution in [2.45, 2.75) is 6.92 Å². The molecule has 3 N–H and O–H groups in total. The van der Waals surface area contributed by atoms with E-state index in [9.17, 15) is 0 Å². The lowest BCUT2D eigenvalue weighted by molar-refractivity contribution is 1.38. The predicted molar refractivity (Wildman–Crippen MR) is 89.2 cm³/mol. The van der Waals surface area contributed by atoms with Gasteiger partial charge in [-0.2, -0.15) is 0 Å². The number of nitrogens with one attached hydrogen (secondary N) is 1. The van der Waals surface area contributed by atoms with Crippen molar-refractivity contribution in [3.05, 3.63) is 90.5 Å².